The van der Waals surface area contributed by atoms with Gasteiger partial charge in [-0.2, -0.15) is 0 Å². The molecule has 1 rings (SSSR count). The van der Waals surface area contributed by atoms with Gasteiger partial charge in [-0.25, -0.2) is 0 Å². The average molecular weight is 360 g/mol. The first-order chi connectivity index (χ1) is 8.49. The summed E-state index contributed by atoms with van der Waals surface area (Å²) in [5.41, 5.74) is 8.19. The minimum Gasteiger partial charge on any atom is -0.508 e. The van der Waals surface area contributed by atoms with E-state index in [4.69, 9.17) is 5.73 Å². The van der Waals surface area contributed by atoms with Gasteiger partial charge in [0.1, 0.15) is 11.5 Å². The number of hydrogen-bond donors (Lipinski definition) is 3. The highest BCUT2D eigenvalue weighted by Gasteiger charge is 2.16. The average Bonchev–Trinajstić information content (AvgIpc) is 2.34. The number of phenolic OH excluding ortho intramolecular Hbond substituents is 1. The SMILES string of the molecule is CNC(C/C(=C/I)c1cc(O)ccc1N)C(C)=O. The van der Waals surface area contributed by atoms with Crippen LogP contribution in [0.3, 0.4) is 0 Å². The first kappa shape index (κ1) is 15.0. The number of ketones is 1. The number of carbonyl (C=O) groups excluding carboxylic acids is 1. The predicted octanol–water partition coefficient (Wildman–Crippen LogP) is 2.32. The fraction of sp³-hybridized carbons (Fsp3) is 0.308. The maximum Gasteiger partial charge on any atom is 0.147 e. The third-order valence-corrected chi connectivity index (χ3v) is 3.53. The lowest BCUT2D eigenvalue weighted by Gasteiger charge is -2.16. The summed E-state index contributed by atoms with van der Waals surface area (Å²) in [7, 11) is 1.75. The van der Waals surface area contributed by atoms with E-state index in [1.165, 1.54) is 0 Å². The van der Waals surface area contributed by atoms with Gasteiger partial charge in [-0.05, 0) is 48.2 Å². The molecule has 0 radical (unpaired) electrons. The van der Waals surface area contributed by atoms with E-state index in [1.54, 1.807) is 32.2 Å². The number of aromatic hydroxyl groups is 1. The Labute approximate surface area is 120 Å². The predicted molar refractivity (Wildman–Crippen MR) is 82.7 cm³/mol. The molecule has 4 N–H and O–H groups in total. The summed E-state index contributed by atoms with van der Waals surface area (Å²) in [6.07, 6.45) is 0.544. The zero-order valence-corrected chi connectivity index (χ0v) is 12.6. The number of benzene rings is 1. The maximum atomic E-state index is 11.4. The monoisotopic (exact) mass is 360 g/mol. The number of phenols is 1. The largest absolute Gasteiger partial charge is 0.508 e. The summed E-state index contributed by atoms with van der Waals surface area (Å²) in [5, 5.41) is 12.5. The van der Waals surface area contributed by atoms with Gasteiger partial charge in [-0.15, -0.1) is 0 Å². The molecule has 1 aromatic rings. The summed E-state index contributed by atoms with van der Waals surface area (Å²) >= 11 is 2.12. The second-order valence-electron chi connectivity index (χ2n) is 4.06. The molecule has 4 nitrogen and oxygen atoms in total. The number of rotatable bonds is 5. The number of nitrogen functional groups attached to an aromatic ring is 1. The van der Waals surface area contributed by atoms with Crippen molar-refractivity contribution in [1.29, 1.82) is 0 Å². The van der Waals surface area contributed by atoms with Crippen molar-refractivity contribution in [2.75, 3.05) is 12.8 Å². The van der Waals surface area contributed by atoms with Crippen LogP contribution < -0.4 is 11.1 Å². The molecule has 0 spiro atoms. The molecule has 0 saturated carbocycles. The van der Waals surface area contributed by atoms with Crippen molar-refractivity contribution >= 4 is 39.6 Å². The van der Waals surface area contributed by atoms with Gasteiger partial charge in [0.2, 0.25) is 0 Å². The van der Waals surface area contributed by atoms with Crippen LogP contribution in [0.5, 0.6) is 5.75 Å². The summed E-state index contributed by atoms with van der Waals surface area (Å²) in [5.74, 6) is 0.241. The van der Waals surface area contributed by atoms with Gasteiger partial charge in [0, 0.05) is 11.3 Å². The highest BCUT2D eigenvalue weighted by molar-refractivity contribution is 14.1. The first-order valence-electron chi connectivity index (χ1n) is 5.55. The molecular formula is C13H17IN2O2. The van der Waals surface area contributed by atoms with Crippen molar-refractivity contribution < 1.29 is 9.90 Å². The van der Waals surface area contributed by atoms with Gasteiger partial charge in [0.15, 0.2) is 0 Å². The standard InChI is InChI=1S/C13H17IN2O2/c1-8(17)13(16-2)5-9(7-14)11-6-10(18)3-4-12(11)15/h3-4,6-7,13,16,18H,5,15H2,1-2H3/b9-7-. The Morgan fingerprint density at radius 3 is 2.78 bits per heavy atom. The van der Waals surface area contributed by atoms with E-state index in [0.717, 1.165) is 11.1 Å². The molecule has 1 aromatic carbocycles. The van der Waals surface area contributed by atoms with Crippen LogP contribution in [0.4, 0.5) is 5.69 Å². The summed E-state index contributed by atoms with van der Waals surface area (Å²) in [6, 6.07) is 4.58. The molecule has 0 fully saturated rings. The zero-order valence-electron chi connectivity index (χ0n) is 10.4. The minimum absolute atomic E-state index is 0.0759. The van der Waals surface area contributed by atoms with Gasteiger partial charge in [0.05, 0.1) is 6.04 Å². The van der Waals surface area contributed by atoms with E-state index in [0.29, 0.717) is 12.1 Å². The Balaban J connectivity index is 3.04. The molecule has 0 heterocycles. The van der Waals surface area contributed by atoms with Crippen LogP contribution in [0.25, 0.3) is 5.57 Å². The summed E-state index contributed by atoms with van der Waals surface area (Å²) < 4.78 is 1.89. The lowest BCUT2D eigenvalue weighted by Crippen LogP contribution is -2.32. The summed E-state index contributed by atoms with van der Waals surface area (Å²) in [4.78, 5) is 11.4. The minimum atomic E-state index is -0.243. The van der Waals surface area contributed by atoms with Gasteiger partial charge in [-0.1, -0.05) is 22.6 Å². The van der Waals surface area contributed by atoms with Crippen LogP contribution in [0.2, 0.25) is 0 Å². The second kappa shape index (κ2) is 6.75. The van der Waals surface area contributed by atoms with Crippen molar-refractivity contribution in [3.05, 3.63) is 27.8 Å². The molecule has 0 aromatic heterocycles. The third-order valence-electron chi connectivity index (χ3n) is 2.78. The van der Waals surface area contributed by atoms with E-state index in [2.05, 4.69) is 27.9 Å². The van der Waals surface area contributed by atoms with Crippen LogP contribution in [0.15, 0.2) is 22.3 Å². The number of carbonyl (C=O) groups is 1. The molecule has 0 bridgehead atoms. The quantitative estimate of drug-likeness (QED) is 0.428. The van der Waals surface area contributed by atoms with E-state index >= 15 is 0 Å². The first-order valence-corrected chi connectivity index (χ1v) is 6.80. The fourth-order valence-electron chi connectivity index (χ4n) is 1.70. The molecule has 98 valence electrons. The smallest absolute Gasteiger partial charge is 0.147 e. The normalized spacial score (nSPS) is 13.4. The van der Waals surface area contributed by atoms with Crippen LogP contribution in [0, 0.1) is 0 Å². The number of hydrogen-bond acceptors (Lipinski definition) is 4. The highest BCUT2D eigenvalue weighted by atomic mass is 127. The Hall–Kier alpha value is -1.08. The molecule has 1 atom stereocenters. The Bertz CT molecular complexity index is 472. The molecule has 0 aliphatic rings. The van der Waals surface area contributed by atoms with Crippen molar-refractivity contribution in [2.24, 2.45) is 0 Å². The third kappa shape index (κ3) is 3.71. The van der Waals surface area contributed by atoms with Gasteiger partial charge in [0.25, 0.3) is 0 Å². The van der Waals surface area contributed by atoms with E-state index in [-0.39, 0.29) is 17.6 Å². The van der Waals surface area contributed by atoms with Crippen molar-refractivity contribution in [1.82, 2.24) is 5.32 Å². The molecule has 0 amide bonds. The number of Topliss-reactive ketones (excluding diaryl/α,β-unsaturated/α-hetero) is 1. The lowest BCUT2D eigenvalue weighted by molar-refractivity contribution is -0.118. The topological polar surface area (TPSA) is 75.3 Å². The van der Waals surface area contributed by atoms with E-state index in [9.17, 15) is 9.90 Å². The van der Waals surface area contributed by atoms with Gasteiger partial charge in [-0.3, -0.25) is 4.79 Å². The summed E-state index contributed by atoms with van der Waals surface area (Å²) in [6.45, 7) is 1.55. The second-order valence-corrected chi connectivity index (χ2v) is 4.68. The molecular weight excluding hydrogens is 343 g/mol. The molecule has 0 aliphatic heterocycles. The highest BCUT2D eigenvalue weighted by Crippen LogP contribution is 2.29. The van der Waals surface area contributed by atoms with Crippen LogP contribution in [-0.2, 0) is 4.79 Å². The number of nitrogens with one attached hydrogen (secondary N) is 1. The Morgan fingerprint density at radius 2 is 2.28 bits per heavy atom. The maximum absolute atomic E-state index is 11.4. The number of nitrogens with two attached hydrogens (primary N) is 1. The number of halogens is 1. The number of likely N-dealkylation sites (N-methyl/N-ethyl adjacent to an activating group) is 1. The Kier molecular flexibility index (Phi) is 5.61. The molecule has 0 saturated heterocycles. The van der Waals surface area contributed by atoms with Gasteiger partial charge >= 0.3 is 0 Å². The Morgan fingerprint density at radius 1 is 1.61 bits per heavy atom. The van der Waals surface area contributed by atoms with Crippen LogP contribution in [-0.4, -0.2) is 24.0 Å². The molecule has 18 heavy (non-hydrogen) atoms. The van der Waals surface area contributed by atoms with Crippen molar-refractivity contribution in [3.63, 3.8) is 0 Å². The molecule has 0 aliphatic carbocycles. The number of anilines is 1. The van der Waals surface area contributed by atoms with Crippen LogP contribution >= 0.6 is 22.6 Å². The molecule has 5 heteroatoms. The van der Waals surface area contributed by atoms with E-state index < -0.39 is 0 Å². The van der Waals surface area contributed by atoms with E-state index in [1.807, 2.05) is 4.08 Å². The van der Waals surface area contributed by atoms with Crippen molar-refractivity contribution in [2.45, 2.75) is 19.4 Å². The van der Waals surface area contributed by atoms with Crippen molar-refractivity contribution in [3.8, 4) is 5.75 Å². The van der Waals surface area contributed by atoms with Gasteiger partial charge < -0.3 is 16.2 Å². The lowest BCUT2D eigenvalue weighted by atomic mass is 9.97. The molecule has 1 unspecified atom stereocenters. The zero-order chi connectivity index (χ0) is 13.7. The fourth-order valence-corrected chi connectivity index (χ4v) is 2.29. The van der Waals surface area contributed by atoms with Crippen LogP contribution in [0.1, 0.15) is 18.9 Å².